The van der Waals surface area contributed by atoms with Crippen molar-refractivity contribution < 1.29 is 9.84 Å². The van der Waals surface area contributed by atoms with Crippen molar-refractivity contribution in [3.8, 4) is 5.88 Å². The summed E-state index contributed by atoms with van der Waals surface area (Å²) >= 11 is 0. The minimum atomic E-state index is -0.539. The van der Waals surface area contributed by atoms with Crippen molar-refractivity contribution in [2.24, 2.45) is 5.92 Å². The Morgan fingerprint density at radius 2 is 2.13 bits per heavy atom. The van der Waals surface area contributed by atoms with Crippen LogP contribution in [0.15, 0.2) is 12.1 Å². The molecule has 0 saturated carbocycles. The highest BCUT2D eigenvalue weighted by atomic mass is 16.5. The third kappa shape index (κ3) is 3.16. The van der Waals surface area contributed by atoms with E-state index in [1.165, 1.54) is 0 Å². The van der Waals surface area contributed by atoms with E-state index in [9.17, 15) is 5.11 Å². The lowest BCUT2D eigenvalue weighted by Gasteiger charge is -2.16. The molecule has 0 aromatic carbocycles. The molecule has 0 saturated heterocycles. The maximum atomic E-state index is 9.94. The first-order valence-corrected chi connectivity index (χ1v) is 5.24. The van der Waals surface area contributed by atoms with Crippen molar-refractivity contribution in [3.63, 3.8) is 0 Å². The van der Waals surface area contributed by atoms with E-state index in [1.54, 1.807) is 19.2 Å². The summed E-state index contributed by atoms with van der Waals surface area (Å²) in [7, 11) is 1.54. The summed E-state index contributed by atoms with van der Waals surface area (Å²) in [6.45, 7) is 4.11. The molecule has 0 bridgehead atoms. The smallest absolute Gasteiger partial charge is 0.233 e. The van der Waals surface area contributed by atoms with Gasteiger partial charge in [-0.25, -0.2) is 0 Å². The van der Waals surface area contributed by atoms with Gasteiger partial charge < -0.3 is 9.84 Å². The molecule has 1 heterocycles. The van der Waals surface area contributed by atoms with Gasteiger partial charge >= 0.3 is 0 Å². The molecular formula is C11H18N2O2. The van der Waals surface area contributed by atoms with E-state index in [-0.39, 0.29) is 5.92 Å². The van der Waals surface area contributed by atoms with E-state index >= 15 is 0 Å². The lowest BCUT2D eigenvalue weighted by atomic mass is 9.97. The van der Waals surface area contributed by atoms with Gasteiger partial charge in [0.05, 0.1) is 12.8 Å². The Balaban J connectivity index is 2.69. The molecule has 0 aliphatic rings. The summed E-state index contributed by atoms with van der Waals surface area (Å²) in [6.07, 6.45) is 1.50. The van der Waals surface area contributed by atoms with Crippen molar-refractivity contribution in [2.45, 2.75) is 32.8 Å². The van der Waals surface area contributed by atoms with Crippen LogP contribution in [0.25, 0.3) is 0 Å². The molecule has 0 radical (unpaired) electrons. The van der Waals surface area contributed by atoms with Crippen molar-refractivity contribution >= 4 is 0 Å². The van der Waals surface area contributed by atoms with Gasteiger partial charge in [0, 0.05) is 6.07 Å². The van der Waals surface area contributed by atoms with Crippen LogP contribution in [0.3, 0.4) is 0 Å². The fraction of sp³-hybridized carbons (Fsp3) is 0.636. The van der Waals surface area contributed by atoms with E-state index in [2.05, 4.69) is 17.1 Å². The fourth-order valence-corrected chi connectivity index (χ4v) is 1.50. The zero-order chi connectivity index (χ0) is 11.3. The summed E-state index contributed by atoms with van der Waals surface area (Å²) < 4.78 is 4.90. The standard InChI is InChI=1S/C11H18N2O2/c1-4-5-8(2)11(14)9-6-7-10(15-3)13-12-9/h6-8,11,14H,4-5H2,1-3H3. The van der Waals surface area contributed by atoms with Gasteiger partial charge in [-0.15, -0.1) is 10.2 Å². The van der Waals surface area contributed by atoms with Crippen LogP contribution in [0.4, 0.5) is 0 Å². The number of nitrogens with zero attached hydrogens (tertiary/aromatic N) is 2. The van der Waals surface area contributed by atoms with Gasteiger partial charge in [0.2, 0.25) is 5.88 Å². The number of aromatic nitrogens is 2. The molecule has 1 N–H and O–H groups in total. The minimum absolute atomic E-state index is 0.206. The highest BCUT2D eigenvalue weighted by Crippen LogP contribution is 2.23. The minimum Gasteiger partial charge on any atom is -0.480 e. The topological polar surface area (TPSA) is 55.2 Å². The van der Waals surface area contributed by atoms with Crippen molar-refractivity contribution in [2.75, 3.05) is 7.11 Å². The predicted molar refractivity (Wildman–Crippen MR) is 57.6 cm³/mol. The molecule has 1 aromatic rings. The SMILES string of the molecule is CCCC(C)C(O)c1ccc(OC)nn1. The highest BCUT2D eigenvalue weighted by molar-refractivity contribution is 5.13. The molecule has 0 aliphatic carbocycles. The van der Waals surface area contributed by atoms with Gasteiger partial charge in [-0.2, -0.15) is 0 Å². The lowest BCUT2D eigenvalue weighted by molar-refractivity contribution is 0.107. The van der Waals surface area contributed by atoms with Crippen molar-refractivity contribution in [1.82, 2.24) is 10.2 Å². The molecule has 4 heteroatoms. The fourth-order valence-electron chi connectivity index (χ4n) is 1.50. The normalized spacial score (nSPS) is 14.7. The quantitative estimate of drug-likeness (QED) is 0.807. The number of hydrogen-bond acceptors (Lipinski definition) is 4. The maximum Gasteiger partial charge on any atom is 0.233 e. The van der Waals surface area contributed by atoms with E-state index < -0.39 is 6.10 Å². The molecule has 15 heavy (non-hydrogen) atoms. The molecule has 0 fully saturated rings. The first kappa shape index (κ1) is 11.9. The molecule has 1 aromatic heterocycles. The second-order valence-corrected chi connectivity index (χ2v) is 3.71. The molecule has 0 spiro atoms. The molecule has 2 unspecified atom stereocenters. The Hall–Kier alpha value is -1.16. The average Bonchev–Trinajstić information content (AvgIpc) is 2.28. The van der Waals surface area contributed by atoms with Gasteiger partial charge in [0.15, 0.2) is 0 Å². The van der Waals surface area contributed by atoms with E-state index in [0.29, 0.717) is 11.6 Å². The summed E-state index contributed by atoms with van der Waals surface area (Å²) in [5.41, 5.74) is 0.608. The predicted octanol–water partition coefficient (Wildman–Crippen LogP) is 1.95. The van der Waals surface area contributed by atoms with Crippen LogP contribution in [0.5, 0.6) is 5.88 Å². The zero-order valence-corrected chi connectivity index (χ0v) is 9.47. The van der Waals surface area contributed by atoms with Crippen LogP contribution in [0.1, 0.15) is 38.5 Å². The molecule has 2 atom stereocenters. The number of aliphatic hydroxyl groups excluding tert-OH is 1. The number of aliphatic hydroxyl groups is 1. The van der Waals surface area contributed by atoms with Crippen LogP contribution in [0, 0.1) is 5.92 Å². The van der Waals surface area contributed by atoms with Crippen LogP contribution in [0.2, 0.25) is 0 Å². The second kappa shape index (κ2) is 5.66. The Kier molecular flexibility index (Phi) is 4.49. The average molecular weight is 210 g/mol. The van der Waals surface area contributed by atoms with Crippen LogP contribution in [-0.2, 0) is 0 Å². The Morgan fingerprint density at radius 1 is 1.40 bits per heavy atom. The van der Waals surface area contributed by atoms with Gasteiger partial charge in [-0.05, 0) is 18.4 Å². The molecule has 84 valence electrons. The highest BCUT2D eigenvalue weighted by Gasteiger charge is 2.17. The van der Waals surface area contributed by atoms with Gasteiger partial charge in [0.1, 0.15) is 6.10 Å². The molecule has 0 aliphatic heterocycles. The third-order valence-corrected chi connectivity index (χ3v) is 2.46. The largest absolute Gasteiger partial charge is 0.480 e. The van der Waals surface area contributed by atoms with Gasteiger partial charge in [-0.3, -0.25) is 0 Å². The zero-order valence-electron chi connectivity index (χ0n) is 9.47. The van der Waals surface area contributed by atoms with E-state index in [4.69, 9.17) is 4.74 Å². The molecule has 1 rings (SSSR count). The molecule has 4 nitrogen and oxygen atoms in total. The monoisotopic (exact) mass is 210 g/mol. The number of methoxy groups -OCH3 is 1. The second-order valence-electron chi connectivity index (χ2n) is 3.71. The molecule has 0 amide bonds. The van der Waals surface area contributed by atoms with Crippen molar-refractivity contribution in [1.29, 1.82) is 0 Å². The number of ether oxygens (including phenoxy) is 1. The van der Waals surface area contributed by atoms with E-state index in [0.717, 1.165) is 12.8 Å². The molecular weight excluding hydrogens is 192 g/mol. The van der Waals surface area contributed by atoms with Crippen LogP contribution >= 0.6 is 0 Å². The Morgan fingerprint density at radius 3 is 2.60 bits per heavy atom. The summed E-state index contributed by atoms with van der Waals surface area (Å²) in [5, 5.41) is 17.7. The Bertz CT molecular complexity index is 287. The van der Waals surface area contributed by atoms with E-state index in [1.807, 2.05) is 6.92 Å². The maximum absolute atomic E-state index is 9.94. The van der Waals surface area contributed by atoms with Crippen LogP contribution < -0.4 is 4.74 Å². The summed E-state index contributed by atoms with van der Waals surface area (Å²) in [4.78, 5) is 0. The lowest BCUT2D eigenvalue weighted by Crippen LogP contribution is -2.11. The third-order valence-electron chi connectivity index (χ3n) is 2.46. The summed E-state index contributed by atoms with van der Waals surface area (Å²) in [6, 6.07) is 3.47. The first-order chi connectivity index (χ1) is 7.19. The summed E-state index contributed by atoms with van der Waals surface area (Å²) in [5.74, 6) is 0.673. The first-order valence-electron chi connectivity index (χ1n) is 5.24. The number of hydrogen-bond donors (Lipinski definition) is 1. The van der Waals surface area contributed by atoms with Crippen molar-refractivity contribution in [3.05, 3.63) is 17.8 Å². The number of rotatable bonds is 5. The van der Waals surface area contributed by atoms with Gasteiger partial charge in [-0.1, -0.05) is 20.3 Å². The Labute approximate surface area is 90.3 Å². The van der Waals surface area contributed by atoms with Crippen LogP contribution in [-0.4, -0.2) is 22.4 Å². The van der Waals surface area contributed by atoms with Gasteiger partial charge in [0.25, 0.3) is 0 Å².